The number of hydrogen-bond donors (Lipinski definition) is 1. The first-order chi connectivity index (χ1) is 8.97. The molecule has 0 bridgehead atoms. The van der Waals surface area contributed by atoms with Gasteiger partial charge in [0.1, 0.15) is 5.01 Å². The molecule has 0 saturated heterocycles. The number of nitrogens with zero attached hydrogens (tertiary/aromatic N) is 1. The molecule has 100 valence electrons. The van der Waals surface area contributed by atoms with Crippen LogP contribution in [0.15, 0.2) is 18.2 Å². The maximum Gasteiger partial charge on any atom is 0.251 e. The van der Waals surface area contributed by atoms with Crippen molar-refractivity contribution in [3.05, 3.63) is 50.5 Å². The second kappa shape index (κ2) is 5.53. The molecule has 1 heterocycles. The van der Waals surface area contributed by atoms with E-state index in [1.165, 1.54) is 10.4 Å². The first kappa shape index (κ1) is 13.7. The highest BCUT2D eigenvalue weighted by Gasteiger charge is 2.08. The van der Waals surface area contributed by atoms with Gasteiger partial charge in [0, 0.05) is 10.4 Å². The van der Waals surface area contributed by atoms with Crippen molar-refractivity contribution in [2.24, 2.45) is 0 Å². The number of aromatic nitrogens is 1. The van der Waals surface area contributed by atoms with Crippen LogP contribution in [0, 0.1) is 27.7 Å². The van der Waals surface area contributed by atoms with Gasteiger partial charge in [-0.15, -0.1) is 11.3 Å². The average Bonchev–Trinajstić information content (AvgIpc) is 2.69. The van der Waals surface area contributed by atoms with Crippen molar-refractivity contribution in [1.29, 1.82) is 0 Å². The molecule has 1 aromatic carbocycles. The van der Waals surface area contributed by atoms with Gasteiger partial charge in [-0.3, -0.25) is 4.79 Å². The number of carbonyl (C=O) groups excluding carboxylic acids is 1. The van der Waals surface area contributed by atoms with E-state index in [2.05, 4.69) is 10.3 Å². The molecule has 1 N–H and O–H groups in total. The van der Waals surface area contributed by atoms with Crippen LogP contribution >= 0.6 is 11.3 Å². The van der Waals surface area contributed by atoms with Crippen molar-refractivity contribution in [3.63, 3.8) is 0 Å². The fourth-order valence-electron chi connectivity index (χ4n) is 1.76. The van der Waals surface area contributed by atoms with E-state index in [1.54, 1.807) is 11.3 Å². The molecule has 4 heteroatoms. The van der Waals surface area contributed by atoms with E-state index >= 15 is 0 Å². The maximum atomic E-state index is 12.0. The summed E-state index contributed by atoms with van der Waals surface area (Å²) in [5, 5.41) is 3.86. The topological polar surface area (TPSA) is 42.0 Å². The van der Waals surface area contributed by atoms with Crippen LogP contribution < -0.4 is 5.32 Å². The highest BCUT2D eigenvalue weighted by atomic mass is 32.1. The number of aryl methyl sites for hydroxylation is 4. The largest absolute Gasteiger partial charge is 0.346 e. The van der Waals surface area contributed by atoms with E-state index in [0.717, 1.165) is 16.3 Å². The summed E-state index contributed by atoms with van der Waals surface area (Å²) in [6.45, 7) is 8.57. The SMILES string of the molecule is Cc1ccc(C(=O)NCc2nc(C)c(C)s2)cc1C. The van der Waals surface area contributed by atoms with Gasteiger partial charge in [0.15, 0.2) is 0 Å². The third-order valence-corrected chi connectivity index (χ3v) is 4.31. The highest BCUT2D eigenvalue weighted by Crippen LogP contribution is 2.16. The van der Waals surface area contributed by atoms with Crippen LogP contribution in [0.5, 0.6) is 0 Å². The lowest BCUT2D eigenvalue weighted by atomic mass is 10.1. The molecule has 3 nitrogen and oxygen atoms in total. The van der Waals surface area contributed by atoms with Crippen LogP contribution in [0.1, 0.15) is 37.1 Å². The van der Waals surface area contributed by atoms with Crippen molar-refractivity contribution >= 4 is 17.2 Å². The van der Waals surface area contributed by atoms with Gasteiger partial charge in [0.25, 0.3) is 5.91 Å². The summed E-state index contributed by atoms with van der Waals surface area (Å²) in [6, 6.07) is 5.75. The summed E-state index contributed by atoms with van der Waals surface area (Å²) in [5.74, 6) is -0.0476. The Bertz CT molecular complexity index is 597. The molecule has 1 aromatic heterocycles. The standard InChI is InChI=1S/C15H18N2OS/c1-9-5-6-13(7-10(9)2)15(18)16-8-14-17-11(3)12(4)19-14/h5-7H,8H2,1-4H3,(H,16,18). The number of rotatable bonds is 3. The van der Waals surface area contributed by atoms with Crippen LogP contribution in [0.2, 0.25) is 0 Å². The Morgan fingerprint density at radius 3 is 2.53 bits per heavy atom. The van der Waals surface area contributed by atoms with Crippen LogP contribution in [0.4, 0.5) is 0 Å². The molecule has 0 fully saturated rings. The molecule has 0 unspecified atom stereocenters. The first-order valence-electron chi connectivity index (χ1n) is 6.25. The molecular formula is C15H18N2OS. The molecule has 2 rings (SSSR count). The Hall–Kier alpha value is -1.68. The van der Waals surface area contributed by atoms with E-state index in [-0.39, 0.29) is 5.91 Å². The zero-order valence-corrected chi connectivity index (χ0v) is 12.5. The highest BCUT2D eigenvalue weighted by molar-refractivity contribution is 7.11. The van der Waals surface area contributed by atoms with Gasteiger partial charge in [-0.05, 0) is 51.0 Å². The predicted octanol–water partition coefficient (Wildman–Crippen LogP) is 3.31. The first-order valence-corrected chi connectivity index (χ1v) is 7.07. The number of carbonyl (C=O) groups is 1. The summed E-state index contributed by atoms with van der Waals surface area (Å²) in [7, 11) is 0. The van der Waals surface area contributed by atoms with Crippen molar-refractivity contribution in [2.75, 3.05) is 0 Å². The summed E-state index contributed by atoms with van der Waals surface area (Å²) in [5.41, 5.74) is 4.07. The number of nitrogens with one attached hydrogen (secondary N) is 1. The molecule has 0 saturated carbocycles. The van der Waals surface area contributed by atoms with Gasteiger partial charge in [-0.1, -0.05) is 6.07 Å². The minimum Gasteiger partial charge on any atom is -0.346 e. The minimum atomic E-state index is -0.0476. The maximum absolute atomic E-state index is 12.0. The smallest absolute Gasteiger partial charge is 0.251 e. The second-order valence-electron chi connectivity index (χ2n) is 4.73. The predicted molar refractivity (Wildman–Crippen MR) is 78.7 cm³/mol. The molecule has 0 atom stereocenters. The third kappa shape index (κ3) is 3.20. The molecular weight excluding hydrogens is 256 g/mol. The molecule has 0 spiro atoms. The summed E-state index contributed by atoms with van der Waals surface area (Å²) >= 11 is 1.63. The van der Waals surface area contributed by atoms with Gasteiger partial charge in [-0.25, -0.2) is 4.98 Å². The van der Waals surface area contributed by atoms with Crippen molar-refractivity contribution in [1.82, 2.24) is 10.3 Å². The Labute approximate surface area is 117 Å². The molecule has 0 aliphatic heterocycles. The van der Waals surface area contributed by atoms with Crippen molar-refractivity contribution in [3.8, 4) is 0 Å². The minimum absolute atomic E-state index is 0.0476. The Morgan fingerprint density at radius 2 is 1.95 bits per heavy atom. The molecule has 2 aromatic rings. The van der Waals surface area contributed by atoms with Gasteiger partial charge in [-0.2, -0.15) is 0 Å². The third-order valence-electron chi connectivity index (χ3n) is 3.24. The summed E-state index contributed by atoms with van der Waals surface area (Å²) in [4.78, 5) is 17.7. The fourth-order valence-corrected chi connectivity index (χ4v) is 2.63. The molecule has 0 radical (unpaired) electrons. The van der Waals surface area contributed by atoms with Gasteiger partial charge in [0.05, 0.1) is 12.2 Å². The van der Waals surface area contributed by atoms with Gasteiger partial charge in [0.2, 0.25) is 0 Å². The van der Waals surface area contributed by atoms with E-state index in [0.29, 0.717) is 12.1 Å². The van der Waals surface area contributed by atoms with Crippen LogP contribution in [-0.4, -0.2) is 10.9 Å². The lowest BCUT2D eigenvalue weighted by Gasteiger charge is -2.05. The quantitative estimate of drug-likeness (QED) is 0.933. The van der Waals surface area contributed by atoms with Crippen LogP contribution in [-0.2, 0) is 6.54 Å². The molecule has 0 aliphatic carbocycles. The summed E-state index contributed by atoms with van der Waals surface area (Å²) < 4.78 is 0. The molecule has 19 heavy (non-hydrogen) atoms. The zero-order chi connectivity index (χ0) is 14.0. The lowest BCUT2D eigenvalue weighted by Crippen LogP contribution is -2.22. The monoisotopic (exact) mass is 274 g/mol. The number of thiazole rings is 1. The fraction of sp³-hybridized carbons (Fsp3) is 0.333. The van der Waals surface area contributed by atoms with E-state index in [9.17, 15) is 4.79 Å². The van der Waals surface area contributed by atoms with Crippen LogP contribution in [0.3, 0.4) is 0 Å². The van der Waals surface area contributed by atoms with E-state index < -0.39 is 0 Å². The zero-order valence-electron chi connectivity index (χ0n) is 11.7. The second-order valence-corrected chi connectivity index (χ2v) is 6.02. The number of benzene rings is 1. The Morgan fingerprint density at radius 1 is 1.21 bits per heavy atom. The average molecular weight is 274 g/mol. The van der Waals surface area contributed by atoms with Gasteiger partial charge < -0.3 is 5.32 Å². The normalized spacial score (nSPS) is 10.5. The van der Waals surface area contributed by atoms with E-state index in [4.69, 9.17) is 0 Å². The number of hydrogen-bond acceptors (Lipinski definition) is 3. The molecule has 1 amide bonds. The number of amides is 1. The lowest BCUT2D eigenvalue weighted by molar-refractivity contribution is 0.0951. The van der Waals surface area contributed by atoms with E-state index in [1.807, 2.05) is 45.9 Å². The van der Waals surface area contributed by atoms with Gasteiger partial charge >= 0.3 is 0 Å². The van der Waals surface area contributed by atoms with Crippen molar-refractivity contribution < 1.29 is 4.79 Å². The van der Waals surface area contributed by atoms with Crippen LogP contribution in [0.25, 0.3) is 0 Å². The Kier molecular flexibility index (Phi) is 4.00. The van der Waals surface area contributed by atoms with Crippen molar-refractivity contribution in [2.45, 2.75) is 34.2 Å². The molecule has 0 aliphatic rings. The Balaban J connectivity index is 2.03. The summed E-state index contributed by atoms with van der Waals surface area (Å²) in [6.07, 6.45) is 0.